The quantitative estimate of drug-likeness (QED) is 0.816. The number of hydrogen-bond donors (Lipinski definition) is 1. The highest BCUT2D eigenvalue weighted by atomic mass is 16.5. The van der Waals surface area contributed by atoms with Crippen molar-refractivity contribution in [3.05, 3.63) is 0 Å². The highest BCUT2D eigenvalue weighted by molar-refractivity contribution is 4.84. The molecule has 2 aliphatic carbocycles. The monoisotopic (exact) mass is 240 g/mol. The highest BCUT2D eigenvalue weighted by Gasteiger charge is 2.33. The van der Waals surface area contributed by atoms with E-state index in [-0.39, 0.29) is 0 Å². The van der Waals surface area contributed by atoms with E-state index >= 15 is 0 Å². The van der Waals surface area contributed by atoms with Gasteiger partial charge in [-0.1, -0.05) is 19.3 Å². The van der Waals surface area contributed by atoms with E-state index in [4.69, 9.17) is 4.74 Å². The highest BCUT2D eigenvalue weighted by Crippen LogP contribution is 2.38. The van der Waals surface area contributed by atoms with Gasteiger partial charge in [0.25, 0.3) is 0 Å². The van der Waals surface area contributed by atoms with Crippen LogP contribution < -0.4 is 0 Å². The summed E-state index contributed by atoms with van der Waals surface area (Å²) < 4.78 is 5.84. The van der Waals surface area contributed by atoms with Gasteiger partial charge in [-0.3, -0.25) is 0 Å². The molecule has 2 heteroatoms. The summed E-state index contributed by atoms with van der Waals surface area (Å²) in [5, 5.41) is 9.19. The van der Waals surface area contributed by atoms with Crippen molar-refractivity contribution < 1.29 is 9.84 Å². The molecule has 0 bridgehead atoms. The summed E-state index contributed by atoms with van der Waals surface area (Å²) in [7, 11) is 1.90. The Hall–Kier alpha value is -0.0800. The van der Waals surface area contributed by atoms with Crippen molar-refractivity contribution in [3.8, 4) is 0 Å². The van der Waals surface area contributed by atoms with Crippen molar-refractivity contribution in [1.82, 2.24) is 0 Å². The number of aliphatic hydroxyl groups is 1. The van der Waals surface area contributed by atoms with Gasteiger partial charge in [0.2, 0.25) is 0 Å². The van der Waals surface area contributed by atoms with Crippen LogP contribution in [0.4, 0.5) is 0 Å². The first kappa shape index (κ1) is 13.4. The predicted octanol–water partition coefficient (Wildman–Crippen LogP) is 3.38. The third kappa shape index (κ3) is 3.45. The van der Waals surface area contributed by atoms with Crippen molar-refractivity contribution in [2.75, 3.05) is 13.7 Å². The van der Waals surface area contributed by atoms with E-state index in [1.165, 1.54) is 57.8 Å². The SMILES string of the molecule is COC(C1CCCCC1)C1CCC(CO)CC1. The van der Waals surface area contributed by atoms with Crippen LogP contribution in [0.1, 0.15) is 57.8 Å². The molecular weight excluding hydrogens is 212 g/mol. The summed E-state index contributed by atoms with van der Waals surface area (Å²) in [6.07, 6.45) is 12.4. The summed E-state index contributed by atoms with van der Waals surface area (Å²) in [4.78, 5) is 0. The van der Waals surface area contributed by atoms with E-state index in [0.717, 1.165) is 11.8 Å². The van der Waals surface area contributed by atoms with Crippen molar-refractivity contribution in [3.63, 3.8) is 0 Å². The molecule has 2 fully saturated rings. The maximum absolute atomic E-state index is 9.19. The van der Waals surface area contributed by atoms with E-state index < -0.39 is 0 Å². The molecule has 0 saturated heterocycles. The minimum absolute atomic E-state index is 0.383. The number of rotatable bonds is 4. The number of aliphatic hydroxyl groups excluding tert-OH is 1. The van der Waals surface area contributed by atoms with E-state index in [0.29, 0.717) is 18.6 Å². The molecule has 2 aliphatic rings. The van der Waals surface area contributed by atoms with Crippen LogP contribution in [0, 0.1) is 17.8 Å². The second-order valence-electron chi connectivity index (χ2n) is 6.06. The third-order valence-electron chi connectivity index (χ3n) is 5.00. The molecule has 0 aromatic rings. The molecule has 100 valence electrons. The zero-order valence-electron chi connectivity index (χ0n) is 11.2. The van der Waals surface area contributed by atoms with Crippen LogP contribution in [0.25, 0.3) is 0 Å². The molecule has 1 unspecified atom stereocenters. The molecule has 0 aromatic heterocycles. The van der Waals surface area contributed by atoms with Crippen molar-refractivity contribution in [2.24, 2.45) is 17.8 Å². The van der Waals surface area contributed by atoms with Gasteiger partial charge < -0.3 is 9.84 Å². The van der Waals surface area contributed by atoms with Crippen LogP contribution in [0.3, 0.4) is 0 Å². The fraction of sp³-hybridized carbons (Fsp3) is 1.00. The zero-order chi connectivity index (χ0) is 12.1. The third-order valence-corrected chi connectivity index (χ3v) is 5.00. The van der Waals surface area contributed by atoms with Crippen molar-refractivity contribution in [2.45, 2.75) is 63.9 Å². The van der Waals surface area contributed by atoms with Gasteiger partial charge in [-0.25, -0.2) is 0 Å². The summed E-state index contributed by atoms with van der Waals surface area (Å²) in [5.74, 6) is 2.13. The first-order valence-corrected chi connectivity index (χ1v) is 7.48. The standard InChI is InChI=1S/C15H28O2/c1-17-15(13-5-3-2-4-6-13)14-9-7-12(11-16)8-10-14/h12-16H,2-11H2,1H3. The van der Waals surface area contributed by atoms with Gasteiger partial charge in [0.1, 0.15) is 0 Å². The molecule has 2 saturated carbocycles. The van der Waals surface area contributed by atoms with Gasteiger partial charge in [-0.05, 0) is 56.3 Å². The zero-order valence-corrected chi connectivity index (χ0v) is 11.2. The summed E-state index contributed by atoms with van der Waals surface area (Å²) in [6.45, 7) is 0.383. The number of methoxy groups -OCH3 is 1. The van der Waals surface area contributed by atoms with Crippen LogP contribution in [0.2, 0.25) is 0 Å². The first-order valence-electron chi connectivity index (χ1n) is 7.48. The lowest BCUT2D eigenvalue weighted by atomic mass is 9.73. The predicted molar refractivity (Wildman–Crippen MR) is 69.9 cm³/mol. The van der Waals surface area contributed by atoms with Gasteiger partial charge in [-0.2, -0.15) is 0 Å². The van der Waals surface area contributed by atoms with Crippen LogP contribution in [0.5, 0.6) is 0 Å². The van der Waals surface area contributed by atoms with E-state index in [1.807, 2.05) is 7.11 Å². The van der Waals surface area contributed by atoms with Crippen LogP contribution >= 0.6 is 0 Å². The second kappa shape index (κ2) is 6.75. The van der Waals surface area contributed by atoms with Gasteiger partial charge in [0, 0.05) is 13.7 Å². The lowest BCUT2D eigenvalue weighted by Gasteiger charge is -2.38. The minimum atomic E-state index is 0.383. The van der Waals surface area contributed by atoms with E-state index in [1.54, 1.807) is 0 Å². The molecular formula is C15H28O2. The topological polar surface area (TPSA) is 29.5 Å². The van der Waals surface area contributed by atoms with Gasteiger partial charge >= 0.3 is 0 Å². The minimum Gasteiger partial charge on any atom is -0.396 e. The summed E-state index contributed by atoms with van der Waals surface area (Å²) >= 11 is 0. The Morgan fingerprint density at radius 2 is 1.53 bits per heavy atom. The Labute approximate surface area is 106 Å². The van der Waals surface area contributed by atoms with Crippen molar-refractivity contribution >= 4 is 0 Å². The Morgan fingerprint density at radius 1 is 0.941 bits per heavy atom. The lowest BCUT2D eigenvalue weighted by Crippen LogP contribution is -2.35. The summed E-state index contributed by atoms with van der Waals surface area (Å²) in [6, 6.07) is 0. The average Bonchev–Trinajstić information content (AvgIpc) is 2.42. The lowest BCUT2D eigenvalue weighted by molar-refractivity contribution is -0.0253. The molecule has 0 spiro atoms. The Kier molecular flexibility index (Phi) is 5.30. The number of ether oxygens (including phenoxy) is 1. The fourth-order valence-corrected chi connectivity index (χ4v) is 3.93. The second-order valence-corrected chi connectivity index (χ2v) is 6.06. The molecule has 0 aliphatic heterocycles. The van der Waals surface area contributed by atoms with Crippen LogP contribution in [-0.4, -0.2) is 24.9 Å². The Balaban J connectivity index is 1.85. The molecule has 0 heterocycles. The Morgan fingerprint density at radius 3 is 2.06 bits per heavy atom. The van der Waals surface area contributed by atoms with E-state index in [2.05, 4.69) is 0 Å². The molecule has 1 N–H and O–H groups in total. The van der Waals surface area contributed by atoms with Crippen molar-refractivity contribution in [1.29, 1.82) is 0 Å². The maximum Gasteiger partial charge on any atom is 0.0627 e. The largest absolute Gasteiger partial charge is 0.396 e. The average molecular weight is 240 g/mol. The normalized spacial score (nSPS) is 33.5. The van der Waals surface area contributed by atoms with Crippen LogP contribution in [-0.2, 0) is 4.74 Å². The smallest absolute Gasteiger partial charge is 0.0627 e. The molecule has 0 aromatic carbocycles. The van der Waals surface area contributed by atoms with Crippen LogP contribution in [0.15, 0.2) is 0 Å². The van der Waals surface area contributed by atoms with Gasteiger partial charge in [-0.15, -0.1) is 0 Å². The molecule has 17 heavy (non-hydrogen) atoms. The molecule has 1 atom stereocenters. The molecule has 2 nitrogen and oxygen atoms in total. The fourth-order valence-electron chi connectivity index (χ4n) is 3.93. The molecule has 0 radical (unpaired) electrons. The number of hydrogen-bond acceptors (Lipinski definition) is 2. The van der Waals surface area contributed by atoms with Gasteiger partial charge in [0.05, 0.1) is 6.10 Å². The van der Waals surface area contributed by atoms with E-state index in [9.17, 15) is 5.11 Å². The molecule has 2 rings (SSSR count). The summed E-state index contributed by atoms with van der Waals surface area (Å²) in [5.41, 5.74) is 0. The Bertz CT molecular complexity index is 203. The van der Waals surface area contributed by atoms with Gasteiger partial charge in [0.15, 0.2) is 0 Å². The molecule has 0 amide bonds. The first-order chi connectivity index (χ1) is 8.35. The maximum atomic E-state index is 9.19.